The number of amides is 1. The molecule has 2 heterocycles. The van der Waals surface area contributed by atoms with Gasteiger partial charge in [0.05, 0.1) is 14.2 Å². The van der Waals surface area contributed by atoms with Gasteiger partial charge < -0.3 is 24.6 Å². The number of hydrogen-bond acceptors (Lipinski definition) is 7. The number of nitrogens with zero attached hydrogens (tertiary/aromatic N) is 4. The summed E-state index contributed by atoms with van der Waals surface area (Å²) in [7, 11) is 3.24. The number of carbonyl (C=O) groups is 1. The Hall–Kier alpha value is -2.87. The van der Waals surface area contributed by atoms with E-state index in [1.54, 1.807) is 32.7 Å². The second kappa shape index (κ2) is 9.89. The Morgan fingerprint density at radius 2 is 1.79 bits per heavy atom. The molecule has 1 saturated heterocycles. The number of aromatic nitrogens is 2. The monoisotopic (exact) mass is 385 g/mol. The van der Waals surface area contributed by atoms with Crippen LogP contribution in [0, 0.1) is 0 Å². The first kappa shape index (κ1) is 19.9. The van der Waals surface area contributed by atoms with Crippen molar-refractivity contribution in [1.82, 2.24) is 20.2 Å². The van der Waals surface area contributed by atoms with Crippen LogP contribution in [-0.4, -0.2) is 67.7 Å². The lowest BCUT2D eigenvalue weighted by molar-refractivity contribution is -0.131. The van der Waals surface area contributed by atoms with Crippen molar-refractivity contribution in [2.24, 2.45) is 0 Å². The Labute approximate surface area is 165 Å². The second-order valence-electron chi connectivity index (χ2n) is 6.53. The Balaban J connectivity index is 1.38. The zero-order valence-electron chi connectivity index (χ0n) is 16.4. The largest absolute Gasteiger partial charge is 0.493 e. The topological polar surface area (TPSA) is 79.8 Å². The van der Waals surface area contributed by atoms with E-state index in [0.717, 1.165) is 24.6 Å². The van der Waals surface area contributed by atoms with E-state index in [-0.39, 0.29) is 5.91 Å². The molecular formula is C20H27N5O3. The van der Waals surface area contributed by atoms with Crippen molar-refractivity contribution in [2.45, 2.75) is 13.0 Å². The fraction of sp³-hybridized carbons (Fsp3) is 0.450. The summed E-state index contributed by atoms with van der Waals surface area (Å²) in [5.74, 6) is 2.32. The quantitative estimate of drug-likeness (QED) is 0.687. The molecule has 1 N–H and O–H groups in total. The van der Waals surface area contributed by atoms with Crippen LogP contribution in [0.5, 0.6) is 11.5 Å². The number of piperazine rings is 1. The van der Waals surface area contributed by atoms with Crippen molar-refractivity contribution in [2.75, 3.05) is 51.8 Å². The molecular weight excluding hydrogens is 358 g/mol. The Kier molecular flexibility index (Phi) is 7.02. The lowest BCUT2D eigenvalue weighted by Crippen LogP contribution is -2.49. The molecule has 3 rings (SSSR count). The first-order chi connectivity index (χ1) is 13.7. The lowest BCUT2D eigenvalue weighted by Gasteiger charge is -2.34. The van der Waals surface area contributed by atoms with Crippen molar-refractivity contribution in [3.8, 4) is 11.5 Å². The van der Waals surface area contributed by atoms with E-state index in [1.807, 2.05) is 23.1 Å². The molecule has 1 aromatic carbocycles. The number of benzene rings is 1. The van der Waals surface area contributed by atoms with Gasteiger partial charge in [0, 0.05) is 58.1 Å². The standard InChI is InChI=1S/C20H27N5O3/c1-27-17-5-4-16(14-18(17)28-2)15-21-9-6-19(26)24-10-12-25(13-11-24)20-22-7-3-8-23-20/h3-5,7-8,14,21H,6,9-13,15H2,1-2H3. The van der Waals surface area contributed by atoms with Crippen LogP contribution in [0.25, 0.3) is 0 Å². The van der Waals surface area contributed by atoms with E-state index < -0.39 is 0 Å². The van der Waals surface area contributed by atoms with E-state index in [1.165, 1.54) is 0 Å². The number of anilines is 1. The van der Waals surface area contributed by atoms with Crippen molar-refractivity contribution >= 4 is 11.9 Å². The molecule has 0 saturated carbocycles. The summed E-state index contributed by atoms with van der Waals surface area (Å²) in [4.78, 5) is 25.0. The molecule has 8 heteroatoms. The van der Waals surface area contributed by atoms with Crippen LogP contribution in [0.3, 0.4) is 0 Å². The van der Waals surface area contributed by atoms with Crippen LogP contribution in [-0.2, 0) is 11.3 Å². The third-order valence-electron chi connectivity index (χ3n) is 4.76. The zero-order valence-corrected chi connectivity index (χ0v) is 16.4. The predicted molar refractivity (Wildman–Crippen MR) is 107 cm³/mol. The fourth-order valence-electron chi connectivity index (χ4n) is 3.19. The SMILES string of the molecule is COc1ccc(CNCCC(=O)N2CCN(c3ncccn3)CC2)cc1OC. The van der Waals surface area contributed by atoms with Gasteiger partial charge in [-0.2, -0.15) is 0 Å². The van der Waals surface area contributed by atoms with Crippen LogP contribution in [0.15, 0.2) is 36.7 Å². The van der Waals surface area contributed by atoms with E-state index in [0.29, 0.717) is 44.1 Å². The minimum Gasteiger partial charge on any atom is -0.493 e. The summed E-state index contributed by atoms with van der Waals surface area (Å²) in [6.45, 7) is 4.23. The molecule has 150 valence electrons. The minimum atomic E-state index is 0.174. The third kappa shape index (κ3) is 5.10. The summed E-state index contributed by atoms with van der Waals surface area (Å²) < 4.78 is 10.6. The summed E-state index contributed by atoms with van der Waals surface area (Å²) >= 11 is 0. The highest BCUT2D eigenvalue weighted by Gasteiger charge is 2.21. The first-order valence-corrected chi connectivity index (χ1v) is 9.42. The van der Waals surface area contributed by atoms with Gasteiger partial charge in [0.2, 0.25) is 11.9 Å². The Morgan fingerprint density at radius 3 is 2.46 bits per heavy atom. The van der Waals surface area contributed by atoms with Gasteiger partial charge in [-0.1, -0.05) is 6.07 Å². The molecule has 8 nitrogen and oxygen atoms in total. The van der Waals surface area contributed by atoms with Crippen LogP contribution in [0.2, 0.25) is 0 Å². The van der Waals surface area contributed by atoms with E-state index in [9.17, 15) is 4.79 Å². The molecule has 2 aromatic rings. The Morgan fingerprint density at radius 1 is 1.07 bits per heavy atom. The van der Waals surface area contributed by atoms with Gasteiger partial charge in [0.25, 0.3) is 0 Å². The molecule has 1 aliphatic heterocycles. The molecule has 0 spiro atoms. The summed E-state index contributed by atoms with van der Waals surface area (Å²) in [6, 6.07) is 7.62. The van der Waals surface area contributed by atoms with Gasteiger partial charge in [-0.15, -0.1) is 0 Å². The lowest BCUT2D eigenvalue weighted by atomic mass is 10.2. The van der Waals surface area contributed by atoms with Crippen molar-refractivity contribution < 1.29 is 14.3 Å². The predicted octanol–water partition coefficient (Wildman–Crippen LogP) is 1.32. The molecule has 0 aliphatic carbocycles. The van der Waals surface area contributed by atoms with Crippen molar-refractivity contribution in [3.05, 3.63) is 42.2 Å². The summed E-state index contributed by atoms with van der Waals surface area (Å²) in [5.41, 5.74) is 1.08. The van der Waals surface area contributed by atoms with Gasteiger partial charge in [0.1, 0.15) is 0 Å². The number of carbonyl (C=O) groups excluding carboxylic acids is 1. The molecule has 28 heavy (non-hydrogen) atoms. The van der Waals surface area contributed by atoms with Crippen molar-refractivity contribution in [1.29, 1.82) is 0 Å². The highest BCUT2D eigenvalue weighted by Crippen LogP contribution is 2.27. The maximum Gasteiger partial charge on any atom is 0.225 e. The van der Waals surface area contributed by atoms with E-state index in [2.05, 4.69) is 20.2 Å². The highest BCUT2D eigenvalue weighted by molar-refractivity contribution is 5.76. The maximum absolute atomic E-state index is 12.4. The molecule has 1 fully saturated rings. The average molecular weight is 385 g/mol. The molecule has 0 unspecified atom stereocenters. The molecule has 1 aromatic heterocycles. The molecule has 1 aliphatic rings. The smallest absolute Gasteiger partial charge is 0.225 e. The van der Waals surface area contributed by atoms with Crippen LogP contribution >= 0.6 is 0 Å². The zero-order chi connectivity index (χ0) is 19.8. The summed E-state index contributed by atoms with van der Waals surface area (Å²) in [5, 5.41) is 3.32. The number of ether oxygens (including phenoxy) is 2. The highest BCUT2D eigenvalue weighted by atomic mass is 16.5. The van der Waals surface area contributed by atoms with E-state index in [4.69, 9.17) is 9.47 Å². The molecule has 0 radical (unpaired) electrons. The average Bonchev–Trinajstić information content (AvgIpc) is 2.77. The van der Waals surface area contributed by atoms with Crippen molar-refractivity contribution in [3.63, 3.8) is 0 Å². The number of hydrogen-bond donors (Lipinski definition) is 1. The van der Waals surface area contributed by atoms with Gasteiger partial charge in [-0.25, -0.2) is 9.97 Å². The van der Waals surface area contributed by atoms with Crippen LogP contribution in [0.4, 0.5) is 5.95 Å². The molecule has 0 bridgehead atoms. The number of methoxy groups -OCH3 is 2. The molecule has 1 amide bonds. The minimum absolute atomic E-state index is 0.174. The van der Waals surface area contributed by atoms with Gasteiger partial charge in [-0.05, 0) is 23.8 Å². The number of nitrogens with one attached hydrogen (secondary N) is 1. The summed E-state index contributed by atoms with van der Waals surface area (Å²) in [6.07, 6.45) is 3.96. The fourth-order valence-corrected chi connectivity index (χ4v) is 3.19. The van der Waals surface area contributed by atoms with Crippen LogP contribution < -0.4 is 19.7 Å². The first-order valence-electron chi connectivity index (χ1n) is 9.42. The number of rotatable bonds is 8. The molecule has 0 atom stereocenters. The normalized spacial score (nSPS) is 14.1. The van der Waals surface area contributed by atoms with E-state index >= 15 is 0 Å². The maximum atomic E-state index is 12.4. The second-order valence-corrected chi connectivity index (χ2v) is 6.53. The third-order valence-corrected chi connectivity index (χ3v) is 4.76. The van der Waals surface area contributed by atoms with Gasteiger partial charge in [-0.3, -0.25) is 4.79 Å². The Bertz CT molecular complexity index is 764. The van der Waals surface area contributed by atoms with Crippen LogP contribution in [0.1, 0.15) is 12.0 Å². The van der Waals surface area contributed by atoms with Gasteiger partial charge in [0.15, 0.2) is 11.5 Å². The van der Waals surface area contributed by atoms with Gasteiger partial charge >= 0.3 is 0 Å².